The van der Waals surface area contributed by atoms with Crippen molar-refractivity contribution >= 4 is 44.8 Å². The number of rotatable bonds is 4. The minimum absolute atomic E-state index is 0.0956. The first-order valence-electron chi connectivity index (χ1n) is 5.17. The lowest BCUT2D eigenvalue weighted by Crippen LogP contribution is -2.09. The average Bonchev–Trinajstić information content (AvgIpc) is 2.75. The summed E-state index contributed by atoms with van der Waals surface area (Å²) in [5.41, 5.74) is 0.482. The molecular formula is C11H8BrCl2F2N3. The fourth-order valence-corrected chi connectivity index (χ4v) is 2.88. The summed E-state index contributed by atoms with van der Waals surface area (Å²) in [5.74, 6) is 0.199. The van der Waals surface area contributed by atoms with Gasteiger partial charge in [0.1, 0.15) is 5.82 Å². The molecule has 0 atom stereocenters. The minimum Gasteiger partial charge on any atom is -0.375 e. The predicted molar refractivity (Wildman–Crippen MR) is 75.0 cm³/mol. The quantitative estimate of drug-likeness (QED) is 0.824. The molecule has 0 unspecified atom stereocenters. The number of aromatic nitrogens is 2. The van der Waals surface area contributed by atoms with Gasteiger partial charge in [0, 0.05) is 16.9 Å². The number of alkyl halides is 2. The highest BCUT2D eigenvalue weighted by atomic mass is 79.9. The van der Waals surface area contributed by atoms with Gasteiger partial charge in [-0.15, -0.1) is 0 Å². The van der Waals surface area contributed by atoms with Crippen LogP contribution in [-0.2, 0) is 6.54 Å². The van der Waals surface area contributed by atoms with Crippen LogP contribution in [0.2, 0.25) is 10.0 Å². The van der Waals surface area contributed by atoms with Crippen molar-refractivity contribution in [3.63, 3.8) is 0 Å². The van der Waals surface area contributed by atoms with Crippen LogP contribution >= 0.6 is 39.1 Å². The Morgan fingerprint density at radius 1 is 1.32 bits per heavy atom. The zero-order valence-electron chi connectivity index (χ0n) is 9.38. The van der Waals surface area contributed by atoms with Crippen molar-refractivity contribution in [2.45, 2.75) is 13.1 Å². The molecule has 1 aromatic heterocycles. The van der Waals surface area contributed by atoms with Crippen molar-refractivity contribution in [2.75, 3.05) is 5.32 Å². The van der Waals surface area contributed by atoms with Gasteiger partial charge in [0.15, 0.2) is 0 Å². The third-order valence-electron chi connectivity index (χ3n) is 2.39. The normalized spacial score (nSPS) is 11.1. The molecule has 102 valence electrons. The van der Waals surface area contributed by atoms with Gasteiger partial charge >= 0.3 is 6.55 Å². The van der Waals surface area contributed by atoms with Crippen molar-refractivity contribution < 1.29 is 8.78 Å². The van der Waals surface area contributed by atoms with E-state index in [0.29, 0.717) is 15.7 Å². The molecule has 1 N–H and O–H groups in total. The van der Waals surface area contributed by atoms with Crippen LogP contribution in [0.5, 0.6) is 0 Å². The molecule has 0 radical (unpaired) electrons. The molecule has 0 amide bonds. The number of benzene rings is 1. The van der Waals surface area contributed by atoms with Gasteiger partial charge in [-0.3, -0.25) is 4.57 Å². The Labute approximate surface area is 126 Å². The van der Waals surface area contributed by atoms with Crippen LogP contribution in [0, 0.1) is 0 Å². The van der Waals surface area contributed by atoms with Gasteiger partial charge < -0.3 is 5.32 Å². The van der Waals surface area contributed by atoms with E-state index in [9.17, 15) is 8.78 Å². The molecule has 0 saturated heterocycles. The second-order valence-corrected chi connectivity index (χ2v) is 5.36. The average molecular weight is 371 g/mol. The van der Waals surface area contributed by atoms with E-state index in [1.807, 2.05) is 0 Å². The third-order valence-corrected chi connectivity index (χ3v) is 3.44. The van der Waals surface area contributed by atoms with Gasteiger partial charge in [0.25, 0.3) is 0 Å². The summed E-state index contributed by atoms with van der Waals surface area (Å²) in [4.78, 5) is 3.85. The molecular weight excluding hydrogens is 363 g/mol. The first-order chi connectivity index (χ1) is 8.99. The first kappa shape index (κ1) is 14.6. The minimum atomic E-state index is -2.63. The van der Waals surface area contributed by atoms with Crippen LogP contribution in [0.4, 0.5) is 14.5 Å². The largest absolute Gasteiger partial charge is 0.375 e. The van der Waals surface area contributed by atoms with E-state index >= 15 is 0 Å². The molecule has 0 fully saturated rings. The molecule has 0 spiro atoms. The number of hydrogen-bond acceptors (Lipinski definition) is 2. The molecule has 1 aromatic carbocycles. The number of nitrogens with one attached hydrogen (secondary N) is 1. The molecule has 2 rings (SSSR count). The molecule has 1 heterocycles. The van der Waals surface area contributed by atoms with Crippen molar-refractivity contribution in [3.8, 4) is 0 Å². The Morgan fingerprint density at radius 2 is 1.95 bits per heavy atom. The number of hydrogen-bond donors (Lipinski definition) is 1. The Bertz CT molecular complexity index is 566. The van der Waals surface area contributed by atoms with Gasteiger partial charge in [-0.1, -0.05) is 39.1 Å². The Hall–Kier alpha value is -0.850. The lowest BCUT2D eigenvalue weighted by atomic mass is 10.3. The second kappa shape index (κ2) is 6.07. The third kappa shape index (κ3) is 3.38. The number of halogens is 5. The lowest BCUT2D eigenvalue weighted by Gasteiger charge is -2.12. The highest BCUT2D eigenvalue weighted by molar-refractivity contribution is 9.10. The predicted octanol–water partition coefficient (Wildman–Crippen LogP) is 4.96. The van der Waals surface area contributed by atoms with E-state index in [2.05, 4.69) is 26.2 Å². The van der Waals surface area contributed by atoms with Crippen LogP contribution in [0.15, 0.2) is 29.0 Å². The van der Waals surface area contributed by atoms with Crippen LogP contribution in [0.1, 0.15) is 12.4 Å². The van der Waals surface area contributed by atoms with Crippen LogP contribution in [0.25, 0.3) is 0 Å². The summed E-state index contributed by atoms with van der Waals surface area (Å²) < 4.78 is 26.8. The number of anilines is 1. The van der Waals surface area contributed by atoms with E-state index < -0.39 is 6.55 Å². The topological polar surface area (TPSA) is 29.9 Å². The van der Waals surface area contributed by atoms with E-state index in [0.717, 1.165) is 9.04 Å². The van der Waals surface area contributed by atoms with Crippen LogP contribution < -0.4 is 5.32 Å². The van der Waals surface area contributed by atoms with Crippen LogP contribution in [-0.4, -0.2) is 9.55 Å². The Morgan fingerprint density at radius 3 is 2.53 bits per heavy atom. The number of imidazole rings is 1. The summed E-state index contributed by atoms with van der Waals surface area (Å²) in [7, 11) is 0. The van der Waals surface area contributed by atoms with Crippen molar-refractivity contribution in [1.29, 1.82) is 0 Å². The second-order valence-electron chi connectivity index (χ2n) is 3.63. The maximum atomic E-state index is 12.6. The van der Waals surface area contributed by atoms with E-state index in [1.54, 1.807) is 12.1 Å². The zero-order chi connectivity index (χ0) is 14.0. The Kier molecular flexibility index (Phi) is 4.65. The molecule has 8 heteroatoms. The fraction of sp³-hybridized carbons (Fsp3) is 0.182. The van der Waals surface area contributed by atoms with Gasteiger partial charge in [-0.05, 0) is 12.1 Å². The fourth-order valence-electron chi connectivity index (χ4n) is 1.54. The van der Waals surface area contributed by atoms with Crippen molar-refractivity contribution in [1.82, 2.24) is 9.55 Å². The molecule has 19 heavy (non-hydrogen) atoms. The molecule has 0 aliphatic carbocycles. The maximum Gasteiger partial charge on any atom is 0.319 e. The summed E-state index contributed by atoms with van der Waals surface area (Å²) in [6.45, 7) is -2.53. The highest BCUT2D eigenvalue weighted by Gasteiger charge is 2.13. The summed E-state index contributed by atoms with van der Waals surface area (Å²) >= 11 is 15.3. The van der Waals surface area contributed by atoms with Gasteiger partial charge in [-0.2, -0.15) is 8.78 Å². The highest BCUT2D eigenvalue weighted by Crippen LogP contribution is 2.34. The SMILES string of the molecule is FC(F)n1ccnc1CNc1c(Cl)cc(Br)cc1Cl. The molecule has 0 aliphatic rings. The van der Waals surface area contributed by atoms with Gasteiger partial charge in [0.05, 0.1) is 22.3 Å². The molecule has 3 nitrogen and oxygen atoms in total. The van der Waals surface area contributed by atoms with Crippen LogP contribution in [0.3, 0.4) is 0 Å². The molecule has 0 bridgehead atoms. The first-order valence-corrected chi connectivity index (χ1v) is 6.72. The summed E-state index contributed by atoms with van der Waals surface area (Å²) in [5, 5.41) is 3.70. The maximum absolute atomic E-state index is 12.6. The van der Waals surface area contributed by atoms with E-state index in [4.69, 9.17) is 23.2 Å². The lowest BCUT2D eigenvalue weighted by molar-refractivity contribution is 0.0673. The van der Waals surface area contributed by atoms with Gasteiger partial charge in [0.2, 0.25) is 0 Å². The van der Waals surface area contributed by atoms with Crippen molar-refractivity contribution in [2.24, 2.45) is 0 Å². The zero-order valence-corrected chi connectivity index (χ0v) is 12.5. The van der Waals surface area contributed by atoms with Gasteiger partial charge in [-0.25, -0.2) is 4.98 Å². The van der Waals surface area contributed by atoms with E-state index in [-0.39, 0.29) is 12.4 Å². The Balaban J connectivity index is 2.17. The standard InChI is InChI=1S/C11H8BrCl2F2N3/c12-6-3-7(13)10(8(14)4-6)18-5-9-17-1-2-19(9)11(15)16/h1-4,11,18H,5H2. The monoisotopic (exact) mass is 369 g/mol. The summed E-state index contributed by atoms with van der Waals surface area (Å²) in [6, 6.07) is 3.32. The molecule has 2 aromatic rings. The van der Waals surface area contributed by atoms with Crippen molar-refractivity contribution in [3.05, 3.63) is 44.9 Å². The molecule has 0 saturated carbocycles. The summed E-state index contributed by atoms with van der Waals surface area (Å²) in [6.07, 6.45) is 2.53. The number of nitrogens with zero attached hydrogens (tertiary/aromatic N) is 2. The molecule has 0 aliphatic heterocycles. The van der Waals surface area contributed by atoms with E-state index in [1.165, 1.54) is 12.4 Å². The smallest absolute Gasteiger partial charge is 0.319 e.